The number of carbonyl (C=O) groups is 1. The van der Waals surface area contributed by atoms with Crippen LogP contribution in [0.15, 0.2) is 28.7 Å². The van der Waals surface area contributed by atoms with Crippen molar-refractivity contribution in [1.29, 1.82) is 0 Å². The molecule has 0 aliphatic heterocycles. The van der Waals surface area contributed by atoms with E-state index in [9.17, 15) is 4.79 Å². The number of hydrogen-bond donors (Lipinski definition) is 1. The molecular formula is C14H20BrNO. The zero-order chi connectivity index (χ0) is 13.3. The summed E-state index contributed by atoms with van der Waals surface area (Å²) in [6, 6.07) is 7.82. The molecule has 0 bridgehead atoms. The van der Waals surface area contributed by atoms with Crippen molar-refractivity contribution in [2.75, 3.05) is 0 Å². The Kier molecular flexibility index (Phi) is 4.15. The number of rotatable bonds is 4. The van der Waals surface area contributed by atoms with Crippen molar-refractivity contribution in [2.24, 2.45) is 11.1 Å². The van der Waals surface area contributed by atoms with Crippen molar-refractivity contribution in [2.45, 2.75) is 39.7 Å². The molecule has 0 aliphatic rings. The highest BCUT2D eigenvalue weighted by Crippen LogP contribution is 2.30. The Morgan fingerprint density at radius 2 is 1.65 bits per heavy atom. The molecule has 0 amide bonds. The second-order valence-corrected chi connectivity index (χ2v) is 6.49. The van der Waals surface area contributed by atoms with E-state index in [-0.39, 0.29) is 5.78 Å². The van der Waals surface area contributed by atoms with E-state index in [2.05, 4.69) is 15.9 Å². The zero-order valence-corrected chi connectivity index (χ0v) is 12.5. The van der Waals surface area contributed by atoms with Gasteiger partial charge in [0.15, 0.2) is 0 Å². The van der Waals surface area contributed by atoms with Crippen molar-refractivity contribution >= 4 is 21.7 Å². The molecule has 0 fully saturated rings. The summed E-state index contributed by atoms with van der Waals surface area (Å²) in [7, 11) is 0. The Bertz CT molecular complexity index is 401. The fraction of sp³-hybridized carbons (Fsp3) is 0.500. The Morgan fingerprint density at radius 3 is 2.06 bits per heavy atom. The van der Waals surface area contributed by atoms with Gasteiger partial charge in [-0.1, -0.05) is 41.9 Å². The van der Waals surface area contributed by atoms with E-state index < -0.39 is 11.0 Å². The Labute approximate surface area is 112 Å². The van der Waals surface area contributed by atoms with Gasteiger partial charge in [-0.25, -0.2) is 0 Å². The first-order chi connectivity index (χ1) is 7.64. The van der Waals surface area contributed by atoms with Crippen LogP contribution >= 0.6 is 15.9 Å². The normalized spacial score (nSPS) is 12.6. The molecule has 2 N–H and O–H groups in total. The fourth-order valence-corrected chi connectivity index (χ4v) is 1.63. The van der Waals surface area contributed by atoms with Gasteiger partial charge in [-0.15, -0.1) is 0 Å². The Hall–Kier alpha value is -0.670. The summed E-state index contributed by atoms with van der Waals surface area (Å²) in [4.78, 5) is 12.3. The lowest BCUT2D eigenvalue weighted by atomic mass is 9.71. The highest BCUT2D eigenvalue weighted by Gasteiger charge is 2.39. The fourth-order valence-electron chi connectivity index (χ4n) is 1.37. The Morgan fingerprint density at radius 1 is 1.18 bits per heavy atom. The van der Waals surface area contributed by atoms with E-state index in [4.69, 9.17) is 5.73 Å². The first-order valence-electron chi connectivity index (χ1n) is 5.71. The number of hydrogen-bond acceptors (Lipinski definition) is 2. The van der Waals surface area contributed by atoms with Gasteiger partial charge in [-0.05, 0) is 31.5 Å². The first kappa shape index (κ1) is 14.4. The van der Waals surface area contributed by atoms with Gasteiger partial charge < -0.3 is 5.73 Å². The van der Waals surface area contributed by atoms with Crippen molar-refractivity contribution < 1.29 is 4.79 Å². The molecule has 0 aliphatic carbocycles. The summed E-state index contributed by atoms with van der Waals surface area (Å²) in [6.45, 7) is 7.61. The molecule has 0 unspecified atom stereocenters. The maximum absolute atomic E-state index is 12.3. The maximum atomic E-state index is 12.3. The van der Waals surface area contributed by atoms with Crippen LogP contribution in [0.2, 0.25) is 0 Å². The number of nitrogens with two attached hydrogens (primary N) is 1. The number of benzene rings is 1. The van der Waals surface area contributed by atoms with Crippen LogP contribution in [0.25, 0.3) is 0 Å². The van der Waals surface area contributed by atoms with Gasteiger partial charge in [0.25, 0.3) is 0 Å². The molecule has 3 heteroatoms. The van der Waals surface area contributed by atoms with Crippen LogP contribution in [0, 0.1) is 5.41 Å². The van der Waals surface area contributed by atoms with Gasteiger partial charge in [0.2, 0.25) is 0 Å². The molecule has 0 radical (unpaired) electrons. The Balaban J connectivity index is 2.83. The third kappa shape index (κ3) is 3.39. The van der Waals surface area contributed by atoms with Crippen LogP contribution in [0.5, 0.6) is 0 Å². The minimum absolute atomic E-state index is 0.173. The predicted molar refractivity (Wildman–Crippen MR) is 74.9 cm³/mol. The largest absolute Gasteiger partial charge is 0.325 e. The number of carbonyl (C=O) groups excluding carboxylic acids is 1. The molecule has 1 aromatic rings. The van der Waals surface area contributed by atoms with Gasteiger partial charge >= 0.3 is 0 Å². The zero-order valence-electron chi connectivity index (χ0n) is 10.9. The lowest BCUT2D eigenvalue weighted by Crippen LogP contribution is -2.52. The van der Waals surface area contributed by atoms with E-state index in [0.29, 0.717) is 6.42 Å². The summed E-state index contributed by atoms with van der Waals surface area (Å²) in [6.07, 6.45) is 0.431. The van der Waals surface area contributed by atoms with Crippen molar-refractivity contribution in [3.05, 3.63) is 34.3 Å². The third-order valence-electron chi connectivity index (χ3n) is 3.59. The van der Waals surface area contributed by atoms with E-state index in [1.165, 1.54) is 0 Å². The number of ketones is 1. The number of Topliss-reactive ketones (excluding diaryl/α,β-unsaturated/α-hetero) is 1. The van der Waals surface area contributed by atoms with Crippen LogP contribution in [0.4, 0.5) is 0 Å². The summed E-state index contributed by atoms with van der Waals surface area (Å²) in [5.41, 5.74) is 6.05. The van der Waals surface area contributed by atoms with Crippen LogP contribution in [0.3, 0.4) is 0 Å². The standard InChI is InChI=1S/C14H20BrNO/c1-13(2,14(3,4)16)12(17)9-10-5-7-11(15)8-6-10/h5-8H,9,16H2,1-4H3. The molecule has 0 heterocycles. The highest BCUT2D eigenvalue weighted by molar-refractivity contribution is 9.10. The molecule has 0 aromatic heterocycles. The summed E-state index contributed by atoms with van der Waals surface area (Å²) in [5.74, 6) is 0.173. The lowest BCUT2D eigenvalue weighted by molar-refractivity contribution is -0.129. The molecule has 2 nitrogen and oxygen atoms in total. The topological polar surface area (TPSA) is 43.1 Å². The second kappa shape index (κ2) is 4.91. The van der Waals surface area contributed by atoms with Gasteiger partial charge in [0.05, 0.1) is 0 Å². The van der Waals surface area contributed by atoms with Gasteiger partial charge in [-0.3, -0.25) is 4.79 Å². The highest BCUT2D eigenvalue weighted by atomic mass is 79.9. The molecule has 0 saturated heterocycles. The minimum Gasteiger partial charge on any atom is -0.325 e. The number of halogens is 1. The van der Waals surface area contributed by atoms with Gasteiger partial charge in [-0.2, -0.15) is 0 Å². The van der Waals surface area contributed by atoms with E-state index in [1.807, 2.05) is 52.0 Å². The molecule has 94 valence electrons. The maximum Gasteiger partial charge on any atom is 0.144 e. The van der Waals surface area contributed by atoms with Crippen LogP contribution in [0.1, 0.15) is 33.3 Å². The monoisotopic (exact) mass is 297 g/mol. The molecule has 1 rings (SSSR count). The summed E-state index contributed by atoms with van der Waals surface area (Å²) >= 11 is 3.38. The van der Waals surface area contributed by atoms with Crippen molar-refractivity contribution in [1.82, 2.24) is 0 Å². The molecule has 0 spiro atoms. The third-order valence-corrected chi connectivity index (χ3v) is 4.11. The summed E-state index contributed by atoms with van der Waals surface area (Å²) < 4.78 is 1.02. The first-order valence-corrected chi connectivity index (χ1v) is 6.50. The molecule has 0 atom stereocenters. The molecule has 1 aromatic carbocycles. The smallest absolute Gasteiger partial charge is 0.144 e. The van der Waals surface area contributed by atoms with Crippen molar-refractivity contribution in [3.63, 3.8) is 0 Å². The molecular weight excluding hydrogens is 278 g/mol. The molecule has 17 heavy (non-hydrogen) atoms. The average molecular weight is 298 g/mol. The second-order valence-electron chi connectivity index (χ2n) is 5.57. The summed E-state index contributed by atoms with van der Waals surface area (Å²) in [5, 5.41) is 0. The van der Waals surface area contributed by atoms with Crippen LogP contribution in [-0.2, 0) is 11.2 Å². The minimum atomic E-state index is -0.528. The SMILES string of the molecule is CC(C)(N)C(C)(C)C(=O)Cc1ccc(Br)cc1. The van der Waals surface area contributed by atoms with E-state index in [0.717, 1.165) is 10.0 Å². The molecule has 0 saturated carbocycles. The van der Waals surface area contributed by atoms with Crippen LogP contribution in [-0.4, -0.2) is 11.3 Å². The van der Waals surface area contributed by atoms with Crippen LogP contribution < -0.4 is 5.73 Å². The van der Waals surface area contributed by atoms with E-state index in [1.54, 1.807) is 0 Å². The van der Waals surface area contributed by atoms with Gasteiger partial charge in [0, 0.05) is 21.8 Å². The van der Waals surface area contributed by atoms with E-state index >= 15 is 0 Å². The predicted octanol–water partition coefficient (Wildman–Crippen LogP) is 3.32. The lowest BCUT2D eigenvalue weighted by Gasteiger charge is -2.37. The average Bonchev–Trinajstić information content (AvgIpc) is 2.19. The quantitative estimate of drug-likeness (QED) is 0.926. The van der Waals surface area contributed by atoms with Gasteiger partial charge in [0.1, 0.15) is 5.78 Å². The van der Waals surface area contributed by atoms with Crippen molar-refractivity contribution in [3.8, 4) is 0 Å².